The number of halogens is 6. The maximum absolute atomic E-state index is 13.5. The third-order valence-electron chi connectivity index (χ3n) is 3.91. The average molecular weight is 428 g/mol. The highest BCUT2D eigenvalue weighted by molar-refractivity contribution is 5.53. The Bertz CT molecular complexity index is 949. The molecule has 3 aromatic rings. The Morgan fingerprint density at radius 3 is 1.17 bits per heavy atom. The quantitative estimate of drug-likeness (QED) is 0.369. The van der Waals surface area contributed by atoms with Crippen LogP contribution < -0.4 is 20.9 Å². The van der Waals surface area contributed by atoms with Crippen LogP contribution >= 0.6 is 0 Å². The molecule has 0 atom stereocenters. The summed E-state index contributed by atoms with van der Waals surface area (Å²) >= 11 is 0. The van der Waals surface area contributed by atoms with Gasteiger partial charge < -0.3 is 20.9 Å². The second-order valence-electron chi connectivity index (χ2n) is 6.18. The van der Waals surface area contributed by atoms with Crippen molar-refractivity contribution in [1.82, 2.24) is 0 Å². The summed E-state index contributed by atoms with van der Waals surface area (Å²) in [5, 5.41) is 0. The normalized spacial score (nSPS) is 11.9. The molecule has 4 nitrogen and oxygen atoms in total. The summed E-state index contributed by atoms with van der Waals surface area (Å²) in [5.74, 6) is -1.81. The summed E-state index contributed by atoms with van der Waals surface area (Å²) in [4.78, 5) is 0. The fraction of sp³-hybridized carbons (Fsp3) is 0.100. The van der Waals surface area contributed by atoms with Gasteiger partial charge in [0.1, 0.15) is 23.0 Å². The van der Waals surface area contributed by atoms with E-state index in [4.69, 9.17) is 20.9 Å². The zero-order valence-corrected chi connectivity index (χ0v) is 15.0. The molecule has 3 aromatic carbocycles. The number of nitrogens with two attached hydrogens (primary N) is 2. The number of nitrogen functional groups attached to an aromatic ring is 2. The fourth-order valence-corrected chi connectivity index (χ4v) is 2.50. The van der Waals surface area contributed by atoms with Gasteiger partial charge in [-0.1, -0.05) is 0 Å². The molecule has 0 fully saturated rings. The van der Waals surface area contributed by atoms with Crippen molar-refractivity contribution in [3.63, 3.8) is 0 Å². The van der Waals surface area contributed by atoms with Crippen LogP contribution in [0.3, 0.4) is 0 Å². The highest BCUT2D eigenvalue weighted by Gasteiger charge is 2.42. The van der Waals surface area contributed by atoms with Gasteiger partial charge in [-0.15, -0.1) is 0 Å². The topological polar surface area (TPSA) is 70.5 Å². The molecule has 0 aliphatic carbocycles. The largest absolute Gasteiger partial charge is 0.457 e. The second-order valence-corrected chi connectivity index (χ2v) is 6.18. The standard InChI is InChI=1S/C20H14F6N2O2/c21-19(22,23)15-9-16(20(24,25)26)18(30-14-7-3-12(28)4-8-14)10-17(15)29-13-5-1-11(27)2-6-13/h1-10H,27-28H2. The summed E-state index contributed by atoms with van der Waals surface area (Å²) < 4.78 is 91.2. The maximum atomic E-state index is 13.5. The molecule has 158 valence electrons. The first-order chi connectivity index (χ1) is 13.9. The van der Waals surface area contributed by atoms with Gasteiger partial charge in [-0.25, -0.2) is 0 Å². The van der Waals surface area contributed by atoms with E-state index < -0.39 is 35.0 Å². The van der Waals surface area contributed by atoms with Crippen LogP contribution in [-0.4, -0.2) is 0 Å². The molecule has 0 aromatic heterocycles. The number of hydrogen-bond donors (Lipinski definition) is 2. The van der Waals surface area contributed by atoms with Gasteiger partial charge in [-0.05, 0) is 54.6 Å². The smallest absolute Gasteiger partial charge is 0.420 e. The maximum Gasteiger partial charge on any atom is 0.420 e. The number of hydrogen-bond acceptors (Lipinski definition) is 4. The first-order valence-electron chi connectivity index (χ1n) is 8.33. The molecule has 0 heterocycles. The van der Waals surface area contributed by atoms with E-state index in [1.54, 1.807) is 0 Å². The Labute approximate surface area is 166 Å². The van der Waals surface area contributed by atoms with E-state index in [-0.39, 0.29) is 17.6 Å². The molecule has 0 aliphatic rings. The first-order valence-corrected chi connectivity index (χ1v) is 8.33. The van der Waals surface area contributed by atoms with Crippen molar-refractivity contribution in [1.29, 1.82) is 0 Å². The summed E-state index contributed by atoms with van der Waals surface area (Å²) in [5.41, 5.74) is 8.50. The van der Waals surface area contributed by atoms with Crippen molar-refractivity contribution in [2.45, 2.75) is 12.4 Å². The zero-order valence-electron chi connectivity index (χ0n) is 15.0. The number of rotatable bonds is 4. The third-order valence-corrected chi connectivity index (χ3v) is 3.91. The van der Waals surface area contributed by atoms with E-state index in [2.05, 4.69) is 0 Å². The second kappa shape index (κ2) is 7.69. The van der Waals surface area contributed by atoms with Crippen LogP contribution in [0.25, 0.3) is 0 Å². The van der Waals surface area contributed by atoms with Crippen molar-refractivity contribution in [2.75, 3.05) is 11.5 Å². The van der Waals surface area contributed by atoms with E-state index in [0.717, 1.165) is 0 Å². The lowest BCUT2D eigenvalue weighted by molar-refractivity contribution is -0.144. The van der Waals surface area contributed by atoms with Crippen molar-refractivity contribution in [3.8, 4) is 23.0 Å². The van der Waals surface area contributed by atoms with Crippen LogP contribution in [0.1, 0.15) is 11.1 Å². The molecular weight excluding hydrogens is 414 g/mol. The van der Waals surface area contributed by atoms with Crippen LogP contribution in [0.2, 0.25) is 0 Å². The van der Waals surface area contributed by atoms with E-state index in [0.29, 0.717) is 17.4 Å². The Balaban J connectivity index is 2.13. The van der Waals surface area contributed by atoms with Gasteiger partial charge in [0.25, 0.3) is 0 Å². The monoisotopic (exact) mass is 428 g/mol. The molecule has 0 amide bonds. The fourth-order valence-electron chi connectivity index (χ4n) is 2.50. The van der Waals surface area contributed by atoms with Crippen molar-refractivity contribution < 1.29 is 35.8 Å². The minimum absolute atomic E-state index is 0.0424. The molecule has 0 saturated carbocycles. The molecule has 0 unspecified atom stereocenters. The van der Waals surface area contributed by atoms with Gasteiger partial charge in [0.05, 0.1) is 11.1 Å². The highest BCUT2D eigenvalue weighted by Crippen LogP contribution is 2.47. The van der Waals surface area contributed by atoms with Crippen LogP contribution in [0.15, 0.2) is 60.7 Å². The van der Waals surface area contributed by atoms with Crippen LogP contribution in [0.4, 0.5) is 37.7 Å². The molecule has 0 saturated heterocycles. The van der Waals surface area contributed by atoms with Crippen molar-refractivity contribution in [3.05, 3.63) is 71.8 Å². The van der Waals surface area contributed by atoms with Gasteiger partial charge in [0, 0.05) is 17.4 Å². The Morgan fingerprint density at radius 2 is 0.867 bits per heavy atom. The first kappa shape index (κ1) is 21.2. The van der Waals surface area contributed by atoms with Gasteiger partial charge in [0.15, 0.2) is 0 Å². The minimum Gasteiger partial charge on any atom is -0.457 e. The predicted octanol–water partition coefficient (Wildman–Crippen LogP) is 6.47. The third kappa shape index (κ3) is 4.88. The van der Waals surface area contributed by atoms with Crippen LogP contribution in [0, 0.1) is 0 Å². The van der Waals surface area contributed by atoms with Gasteiger partial charge in [0.2, 0.25) is 0 Å². The van der Waals surface area contributed by atoms with Gasteiger partial charge in [-0.3, -0.25) is 0 Å². The molecule has 10 heteroatoms. The number of alkyl halides is 6. The molecular formula is C20H14F6N2O2. The number of benzene rings is 3. The van der Waals surface area contributed by atoms with E-state index >= 15 is 0 Å². The molecule has 0 bridgehead atoms. The molecule has 3 rings (SSSR count). The lowest BCUT2D eigenvalue weighted by Gasteiger charge is -2.20. The Kier molecular flexibility index (Phi) is 5.43. The molecule has 4 N–H and O–H groups in total. The highest BCUT2D eigenvalue weighted by atomic mass is 19.4. The van der Waals surface area contributed by atoms with E-state index in [9.17, 15) is 26.3 Å². The van der Waals surface area contributed by atoms with Gasteiger partial charge in [-0.2, -0.15) is 26.3 Å². The van der Waals surface area contributed by atoms with Crippen LogP contribution in [-0.2, 0) is 12.4 Å². The summed E-state index contributed by atoms with van der Waals surface area (Å²) in [7, 11) is 0. The molecule has 0 aliphatic heterocycles. The number of ether oxygens (including phenoxy) is 2. The van der Waals surface area contributed by atoms with Crippen molar-refractivity contribution in [2.24, 2.45) is 0 Å². The minimum atomic E-state index is -5.11. The zero-order chi connectivity index (χ0) is 22.1. The predicted molar refractivity (Wildman–Crippen MR) is 98.3 cm³/mol. The van der Waals surface area contributed by atoms with E-state index in [1.165, 1.54) is 48.5 Å². The summed E-state index contributed by atoms with van der Waals surface area (Å²) in [6, 6.07) is 11.1. The Hall–Kier alpha value is -3.56. The van der Waals surface area contributed by atoms with Crippen molar-refractivity contribution >= 4 is 11.4 Å². The summed E-state index contributed by atoms with van der Waals surface area (Å²) in [6.45, 7) is 0. The van der Waals surface area contributed by atoms with E-state index in [1.807, 2.05) is 0 Å². The van der Waals surface area contributed by atoms with Crippen LogP contribution in [0.5, 0.6) is 23.0 Å². The SMILES string of the molecule is Nc1ccc(Oc2cc(Oc3ccc(N)cc3)c(C(F)(F)F)cc2C(F)(F)F)cc1. The molecule has 30 heavy (non-hydrogen) atoms. The molecule has 0 radical (unpaired) electrons. The lowest BCUT2D eigenvalue weighted by Crippen LogP contribution is -2.13. The average Bonchev–Trinajstić information content (AvgIpc) is 2.64. The number of anilines is 2. The molecule has 0 spiro atoms. The van der Waals surface area contributed by atoms with Gasteiger partial charge >= 0.3 is 12.4 Å². The Morgan fingerprint density at radius 1 is 0.533 bits per heavy atom. The lowest BCUT2D eigenvalue weighted by atomic mass is 10.1. The summed E-state index contributed by atoms with van der Waals surface area (Å²) in [6.07, 6.45) is -10.2.